The van der Waals surface area contributed by atoms with E-state index in [9.17, 15) is 9.59 Å². The van der Waals surface area contributed by atoms with Crippen LogP contribution in [-0.4, -0.2) is 20.1 Å². The normalized spacial score (nSPS) is 12.6. The molecule has 0 aliphatic heterocycles. The van der Waals surface area contributed by atoms with Gasteiger partial charge in [-0.05, 0) is 31.5 Å². The van der Waals surface area contributed by atoms with Crippen LogP contribution >= 0.6 is 11.6 Å². The molecule has 1 atom stereocenters. The van der Waals surface area contributed by atoms with Crippen LogP contribution in [0.15, 0.2) is 51.9 Å². The summed E-state index contributed by atoms with van der Waals surface area (Å²) in [5.74, 6) is 0.291. The lowest BCUT2D eigenvalue weighted by atomic mass is 10.2. The molecule has 0 saturated carbocycles. The van der Waals surface area contributed by atoms with Crippen molar-refractivity contribution in [1.82, 2.24) is 19.5 Å². The lowest BCUT2D eigenvalue weighted by Gasteiger charge is -2.15. The highest BCUT2D eigenvalue weighted by molar-refractivity contribution is 6.30. The highest BCUT2D eigenvalue weighted by Crippen LogP contribution is 2.20. The Morgan fingerprint density at radius 2 is 2.11 bits per heavy atom. The molecule has 1 aromatic carbocycles. The third kappa shape index (κ3) is 3.00. The van der Waals surface area contributed by atoms with Crippen LogP contribution in [0.2, 0.25) is 5.02 Å². The number of carbonyl (C=O) groups is 1. The first kappa shape index (κ1) is 17.4. The number of fused-ring (bicyclic) bond motifs is 3. The Labute approximate surface area is 159 Å². The van der Waals surface area contributed by atoms with E-state index in [0.29, 0.717) is 28.5 Å². The number of furan rings is 1. The van der Waals surface area contributed by atoms with E-state index in [0.717, 1.165) is 11.1 Å². The van der Waals surface area contributed by atoms with E-state index in [1.165, 1.54) is 4.68 Å². The number of carbonyl (C=O) groups excluding carboxylic acids is 1. The summed E-state index contributed by atoms with van der Waals surface area (Å²) in [6, 6.07) is 9.92. The summed E-state index contributed by atoms with van der Waals surface area (Å²) >= 11 is 5.96. The van der Waals surface area contributed by atoms with Crippen LogP contribution in [0.4, 0.5) is 0 Å². The van der Waals surface area contributed by atoms with Crippen molar-refractivity contribution in [2.24, 2.45) is 0 Å². The molecule has 0 spiro atoms. The summed E-state index contributed by atoms with van der Waals surface area (Å²) in [7, 11) is 0. The number of rotatable bonds is 4. The zero-order valence-corrected chi connectivity index (χ0v) is 15.5. The summed E-state index contributed by atoms with van der Waals surface area (Å²) in [5, 5.41) is 7.76. The lowest BCUT2D eigenvalue weighted by molar-refractivity contribution is -0.124. The molecule has 1 unspecified atom stereocenters. The van der Waals surface area contributed by atoms with Gasteiger partial charge in [0.05, 0.1) is 11.8 Å². The second kappa shape index (κ2) is 6.59. The monoisotopic (exact) mass is 384 g/mol. The van der Waals surface area contributed by atoms with E-state index < -0.39 is 6.04 Å². The smallest absolute Gasteiger partial charge is 0.291 e. The molecular formula is C19H17ClN4O3. The Balaban J connectivity index is 1.63. The largest absolute Gasteiger partial charge is 0.463 e. The minimum Gasteiger partial charge on any atom is -0.463 e. The molecule has 138 valence electrons. The predicted octanol–water partition coefficient (Wildman–Crippen LogP) is 3.08. The fraction of sp³-hybridized carbons (Fsp3) is 0.211. The highest BCUT2D eigenvalue weighted by Gasteiger charge is 2.21. The molecule has 0 bridgehead atoms. The number of hydrogen-bond donors (Lipinski definition) is 1. The minimum absolute atomic E-state index is 0.302. The molecular weight excluding hydrogens is 368 g/mol. The van der Waals surface area contributed by atoms with Crippen molar-refractivity contribution in [3.05, 3.63) is 69.4 Å². The van der Waals surface area contributed by atoms with Crippen molar-refractivity contribution in [2.75, 3.05) is 0 Å². The van der Waals surface area contributed by atoms with Gasteiger partial charge in [-0.15, -0.1) is 0 Å². The fourth-order valence-electron chi connectivity index (χ4n) is 3.15. The van der Waals surface area contributed by atoms with Gasteiger partial charge in [-0.2, -0.15) is 5.10 Å². The Hall–Kier alpha value is -3.06. The number of amides is 1. The van der Waals surface area contributed by atoms with Gasteiger partial charge in [-0.25, -0.2) is 4.68 Å². The molecule has 27 heavy (non-hydrogen) atoms. The lowest BCUT2D eigenvalue weighted by Crippen LogP contribution is -2.38. The van der Waals surface area contributed by atoms with Crippen molar-refractivity contribution in [2.45, 2.75) is 26.4 Å². The fourth-order valence-corrected chi connectivity index (χ4v) is 3.37. The Bertz CT molecular complexity index is 1220. The van der Waals surface area contributed by atoms with Gasteiger partial charge in [0.1, 0.15) is 17.4 Å². The third-order valence-electron chi connectivity index (χ3n) is 4.53. The molecule has 3 aromatic heterocycles. The molecule has 1 amide bonds. The second-order valence-corrected chi connectivity index (χ2v) is 6.79. The molecule has 0 radical (unpaired) electrons. The van der Waals surface area contributed by atoms with Crippen LogP contribution in [0.3, 0.4) is 0 Å². The molecule has 8 heteroatoms. The van der Waals surface area contributed by atoms with E-state index in [1.807, 2.05) is 12.1 Å². The highest BCUT2D eigenvalue weighted by atomic mass is 35.5. The van der Waals surface area contributed by atoms with Crippen molar-refractivity contribution in [1.29, 1.82) is 0 Å². The van der Waals surface area contributed by atoms with Crippen LogP contribution in [-0.2, 0) is 11.3 Å². The number of nitrogens with one attached hydrogen (secondary N) is 1. The molecule has 0 aliphatic rings. The number of aromatic nitrogens is 3. The molecule has 0 aliphatic carbocycles. The summed E-state index contributed by atoms with van der Waals surface area (Å²) in [5.41, 5.74) is 2.33. The van der Waals surface area contributed by atoms with Gasteiger partial charge in [0.25, 0.3) is 5.56 Å². The van der Waals surface area contributed by atoms with Crippen molar-refractivity contribution >= 4 is 34.1 Å². The number of benzene rings is 1. The van der Waals surface area contributed by atoms with E-state index in [-0.39, 0.29) is 11.5 Å². The van der Waals surface area contributed by atoms with E-state index in [2.05, 4.69) is 10.4 Å². The van der Waals surface area contributed by atoms with Crippen molar-refractivity contribution in [3.63, 3.8) is 0 Å². The summed E-state index contributed by atoms with van der Waals surface area (Å²) in [4.78, 5) is 25.4. The maximum atomic E-state index is 12.9. The Morgan fingerprint density at radius 1 is 1.30 bits per heavy atom. The van der Waals surface area contributed by atoms with Crippen LogP contribution in [0.1, 0.15) is 24.4 Å². The quantitative estimate of drug-likeness (QED) is 0.586. The number of halogens is 1. The number of hydrogen-bond acceptors (Lipinski definition) is 4. The standard InChI is InChI=1S/C19H17ClN4O3/c1-11(18(25)21-10-13-4-3-5-14(20)8-13)24-19(26)16-9-17-15(6-7-27-17)23(16)12(2)22-24/h3-9,11H,10H2,1-2H3,(H,21,25). The average molecular weight is 385 g/mol. The van der Waals surface area contributed by atoms with E-state index in [1.54, 1.807) is 48.8 Å². The van der Waals surface area contributed by atoms with E-state index >= 15 is 0 Å². The zero-order chi connectivity index (χ0) is 19.1. The molecule has 3 heterocycles. The summed E-state index contributed by atoms with van der Waals surface area (Å²) in [6.07, 6.45) is 1.56. The van der Waals surface area contributed by atoms with Crippen LogP contribution in [0, 0.1) is 6.92 Å². The van der Waals surface area contributed by atoms with Gasteiger partial charge < -0.3 is 9.73 Å². The third-order valence-corrected chi connectivity index (χ3v) is 4.76. The molecule has 4 aromatic rings. The maximum absolute atomic E-state index is 12.9. The molecule has 7 nitrogen and oxygen atoms in total. The average Bonchev–Trinajstić information content (AvgIpc) is 3.23. The predicted molar refractivity (Wildman–Crippen MR) is 102 cm³/mol. The number of nitrogens with zero attached hydrogens (tertiary/aromatic N) is 3. The van der Waals surface area contributed by atoms with Gasteiger partial charge in [-0.1, -0.05) is 23.7 Å². The van der Waals surface area contributed by atoms with Gasteiger partial charge in [0.2, 0.25) is 5.91 Å². The van der Waals surface area contributed by atoms with Crippen molar-refractivity contribution in [3.8, 4) is 0 Å². The zero-order valence-electron chi connectivity index (χ0n) is 14.8. The maximum Gasteiger partial charge on any atom is 0.291 e. The van der Waals surface area contributed by atoms with Crippen LogP contribution in [0.25, 0.3) is 16.6 Å². The molecule has 0 saturated heterocycles. The van der Waals surface area contributed by atoms with E-state index in [4.69, 9.17) is 16.0 Å². The molecule has 1 N–H and O–H groups in total. The van der Waals surface area contributed by atoms with Gasteiger partial charge in [0, 0.05) is 23.7 Å². The molecule has 4 rings (SSSR count). The van der Waals surface area contributed by atoms with Gasteiger partial charge >= 0.3 is 0 Å². The SMILES string of the molecule is Cc1nn(C(C)C(=O)NCc2cccc(Cl)c2)c(=O)c2cc3occc3n12. The van der Waals surface area contributed by atoms with Crippen LogP contribution < -0.4 is 10.9 Å². The Kier molecular flexibility index (Phi) is 4.24. The summed E-state index contributed by atoms with van der Waals surface area (Å²) in [6.45, 7) is 3.74. The first-order valence-corrected chi connectivity index (χ1v) is 8.84. The second-order valence-electron chi connectivity index (χ2n) is 6.36. The molecule has 0 fully saturated rings. The first-order valence-electron chi connectivity index (χ1n) is 8.46. The minimum atomic E-state index is -0.762. The number of aryl methyl sites for hydroxylation is 1. The topological polar surface area (TPSA) is 81.5 Å². The summed E-state index contributed by atoms with van der Waals surface area (Å²) < 4.78 is 8.31. The van der Waals surface area contributed by atoms with Gasteiger partial charge in [0.15, 0.2) is 5.58 Å². The van der Waals surface area contributed by atoms with Crippen molar-refractivity contribution < 1.29 is 9.21 Å². The Morgan fingerprint density at radius 3 is 2.89 bits per heavy atom. The van der Waals surface area contributed by atoms with Crippen LogP contribution in [0.5, 0.6) is 0 Å². The first-order chi connectivity index (χ1) is 13.0. The van der Waals surface area contributed by atoms with Gasteiger partial charge in [-0.3, -0.25) is 14.0 Å².